The number of carbonyl (C=O) groups is 1. The third kappa shape index (κ3) is 2.85. The van der Waals surface area contributed by atoms with Crippen molar-refractivity contribution >= 4 is 44.2 Å². The van der Waals surface area contributed by atoms with Crippen molar-refractivity contribution in [2.45, 2.75) is 13.8 Å². The molecule has 6 nitrogen and oxygen atoms in total. The molecule has 136 valence electrons. The Kier molecular flexibility index (Phi) is 4.36. The Bertz CT molecular complexity index is 968. The molecule has 3 heterocycles. The van der Waals surface area contributed by atoms with Gasteiger partial charge in [0.25, 0.3) is 5.91 Å². The minimum absolute atomic E-state index is 0.0501. The number of hydrogen-bond acceptors (Lipinski definition) is 5. The van der Waals surface area contributed by atoms with Crippen molar-refractivity contribution in [2.24, 2.45) is 7.05 Å². The topological polar surface area (TPSA) is 54.3 Å². The van der Waals surface area contributed by atoms with E-state index in [2.05, 4.69) is 10.00 Å². The smallest absolute Gasteiger partial charge is 0.272 e. The van der Waals surface area contributed by atoms with Gasteiger partial charge in [-0.25, -0.2) is 4.98 Å². The number of halogens is 1. The van der Waals surface area contributed by atoms with Crippen LogP contribution in [0.4, 0.5) is 5.13 Å². The number of piperazine rings is 1. The summed E-state index contributed by atoms with van der Waals surface area (Å²) in [5.74, 6) is 0.0501. The molecular formula is C18H20ClN5OS. The maximum atomic E-state index is 12.8. The molecule has 0 spiro atoms. The molecule has 1 saturated heterocycles. The number of aromatic nitrogens is 3. The van der Waals surface area contributed by atoms with E-state index in [0.717, 1.165) is 44.6 Å². The van der Waals surface area contributed by atoms with Gasteiger partial charge in [-0.2, -0.15) is 5.10 Å². The van der Waals surface area contributed by atoms with Crippen LogP contribution < -0.4 is 4.90 Å². The van der Waals surface area contributed by atoms with E-state index < -0.39 is 0 Å². The van der Waals surface area contributed by atoms with Crippen molar-refractivity contribution in [3.63, 3.8) is 0 Å². The normalized spacial score (nSPS) is 15.1. The summed E-state index contributed by atoms with van der Waals surface area (Å²) >= 11 is 7.89. The number of hydrogen-bond donors (Lipinski definition) is 0. The molecule has 8 heteroatoms. The first-order chi connectivity index (χ1) is 12.5. The number of fused-ring (bicyclic) bond motifs is 1. The van der Waals surface area contributed by atoms with Gasteiger partial charge in [-0.1, -0.05) is 22.9 Å². The van der Waals surface area contributed by atoms with E-state index in [-0.39, 0.29) is 5.91 Å². The lowest BCUT2D eigenvalue weighted by molar-refractivity contribution is 0.0735. The predicted molar refractivity (Wildman–Crippen MR) is 105 cm³/mol. The van der Waals surface area contributed by atoms with Crippen molar-refractivity contribution in [3.05, 3.63) is 40.2 Å². The Balaban J connectivity index is 1.50. The lowest BCUT2D eigenvalue weighted by Gasteiger charge is -2.34. The second-order valence-electron chi connectivity index (χ2n) is 6.59. The maximum Gasteiger partial charge on any atom is 0.272 e. The summed E-state index contributed by atoms with van der Waals surface area (Å²) in [7, 11) is 1.81. The van der Waals surface area contributed by atoms with E-state index >= 15 is 0 Å². The number of nitrogens with zero attached hydrogens (tertiary/aromatic N) is 5. The molecule has 4 rings (SSSR count). The molecule has 2 aromatic heterocycles. The van der Waals surface area contributed by atoms with Crippen LogP contribution in [0.5, 0.6) is 0 Å². The number of amides is 1. The quantitative estimate of drug-likeness (QED) is 0.675. The van der Waals surface area contributed by atoms with Gasteiger partial charge in [-0.15, -0.1) is 0 Å². The van der Waals surface area contributed by atoms with Crippen LogP contribution in [0.1, 0.15) is 21.6 Å². The summed E-state index contributed by atoms with van der Waals surface area (Å²) in [5.41, 5.74) is 3.58. The SMILES string of the molecule is Cc1cnn(C)c1C(=O)N1CCN(c2nc3c(C)c(Cl)ccc3s2)CC1. The minimum Gasteiger partial charge on any atom is -0.345 e. The first-order valence-corrected chi connectivity index (χ1v) is 9.73. The molecule has 0 radical (unpaired) electrons. The largest absolute Gasteiger partial charge is 0.345 e. The van der Waals surface area contributed by atoms with Crippen molar-refractivity contribution in [2.75, 3.05) is 31.1 Å². The van der Waals surface area contributed by atoms with Gasteiger partial charge in [0.1, 0.15) is 5.69 Å². The Labute approximate surface area is 161 Å². The third-order valence-electron chi connectivity index (χ3n) is 4.90. The van der Waals surface area contributed by atoms with Crippen LogP contribution in [-0.2, 0) is 7.05 Å². The molecule has 26 heavy (non-hydrogen) atoms. The van der Waals surface area contributed by atoms with E-state index in [1.54, 1.807) is 22.2 Å². The summed E-state index contributed by atoms with van der Waals surface area (Å²) in [4.78, 5) is 21.7. The highest BCUT2D eigenvalue weighted by Crippen LogP contribution is 2.33. The minimum atomic E-state index is 0.0501. The molecule has 1 aliphatic rings. The monoisotopic (exact) mass is 389 g/mol. The lowest BCUT2D eigenvalue weighted by atomic mass is 10.2. The summed E-state index contributed by atoms with van der Waals surface area (Å²) in [6, 6.07) is 3.95. The highest BCUT2D eigenvalue weighted by atomic mass is 35.5. The Morgan fingerprint density at radius 1 is 1.19 bits per heavy atom. The highest BCUT2D eigenvalue weighted by molar-refractivity contribution is 7.22. The van der Waals surface area contributed by atoms with Crippen molar-refractivity contribution in [3.8, 4) is 0 Å². The number of aryl methyl sites for hydroxylation is 3. The standard InChI is InChI=1S/C18H20ClN5OS/c1-11-10-20-22(3)16(11)17(25)23-6-8-24(9-7-23)18-21-15-12(2)13(19)4-5-14(15)26-18/h4-5,10H,6-9H2,1-3H3. The molecule has 0 bridgehead atoms. The average molecular weight is 390 g/mol. The van der Waals surface area contributed by atoms with E-state index in [1.165, 1.54) is 0 Å². The first-order valence-electron chi connectivity index (χ1n) is 8.54. The van der Waals surface area contributed by atoms with Crippen LogP contribution in [0.25, 0.3) is 10.2 Å². The van der Waals surface area contributed by atoms with Gasteiger partial charge in [0, 0.05) is 38.2 Å². The number of benzene rings is 1. The molecule has 3 aromatic rings. The second-order valence-corrected chi connectivity index (χ2v) is 8.01. The van der Waals surface area contributed by atoms with Gasteiger partial charge in [0.2, 0.25) is 0 Å². The van der Waals surface area contributed by atoms with Crippen LogP contribution in [0.15, 0.2) is 18.3 Å². The molecule has 1 fully saturated rings. The summed E-state index contributed by atoms with van der Waals surface area (Å²) in [6.45, 7) is 6.83. The fraction of sp³-hybridized carbons (Fsp3) is 0.389. The number of rotatable bonds is 2. The molecular weight excluding hydrogens is 370 g/mol. The van der Waals surface area contributed by atoms with Gasteiger partial charge in [-0.05, 0) is 37.1 Å². The molecule has 1 aliphatic heterocycles. The van der Waals surface area contributed by atoms with Crippen LogP contribution in [0.3, 0.4) is 0 Å². The number of anilines is 1. The number of thiazole rings is 1. The summed E-state index contributed by atoms with van der Waals surface area (Å²) < 4.78 is 2.80. The Morgan fingerprint density at radius 2 is 1.92 bits per heavy atom. The molecule has 1 aromatic carbocycles. The third-order valence-corrected chi connectivity index (χ3v) is 6.39. The van der Waals surface area contributed by atoms with Crippen molar-refractivity contribution in [1.82, 2.24) is 19.7 Å². The molecule has 0 N–H and O–H groups in total. The van der Waals surface area contributed by atoms with Crippen LogP contribution in [-0.4, -0.2) is 51.8 Å². The van der Waals surface area contributed by atoms with Gasteiger partial charge in [-0.3, -0.25) is 9.48 Å². The fourth-order valence-corrected chi connectivity index (χ4v) is 4.56. The Morgan fingerprint density at radius 3 is 2.58 bits per heavy atom. The van der Waals surface area contributed by atoms with E-state index in [1.807, 2.05) is 37.9 Å². The highest BCUT2D eigenvalue weighted by Gasteiger charge is 2.26. The zero-order chi connectivity index (χ0) is 18.4. The summed E-state index contributed by atoms with van der Waals surface area (Å²) in [6.07, 6.45) is 1.73. The molecule has 0 unspecified atom stereocenters. The zero-order valence-corrected chi connectivity index (χ0v) is 16.6. The van der Waals surface area contributed by atoms with Crippen LogP contribution in [0.2, 0.25) is 5.02 Å². The fourth-order valence-electron chi connectivity index (χ4n) is 3.33. The van der Waals surface area contributed by atoms with Gasteiger partial charge in [0.05, 0.1) is 16.4 Å². The molecule has 0 atom stereocenters. The van der Waals surface area contributed by atoms with Gasteiger partial charge < -0.3 is 9.80 Å². The average Bonchev–Trinajstić information content (AvgIpc) is 3.22. The first kappa shape index (κ1) is 17.3. The molecule has 0 saturated carbocycles. The molecule has 0 aliphatic carbocycles. The second kappa shape index (κ2) is 6.55. The van der Waals surface area contributed by atoms with E-state index in [0.29, 0.717) is 18.8 Å². The summed E-state index contributed by atoms with van der Waals surface area (Å²) in [5, 5.41) is 5.92. The van der Waals surface area contributed by atoms with E-state index in [9.17, 15) is 4.79 Å². The van der Waals surface area contributed by atoms with Gasteiger partial charge in [0.15, 0.2) is 5.13 Å². The van der Waals surface area contributed by atoms with E-state index in [4.69, 9.17) is 16.6 Å². The molecule has 1 amide bonds. The van der Waals surface area contributed by atoms with Crippen molar-refractivity contribution < 1.29 is 4.79 Å². The van der Waals surface area contributed by atoms with Crippen LogP contribution >= 0.6 is 22.9 Å². The maximum absolute atomic E-state index is 12.8. The lowest BCUT2D eigenvalue weighted by Crippen LogP contribution is -2.49. The number of carbonyl (C=O) groups excluding carboxylic acids is 1. The predicted octanol–water partition coefficient (Wildman–Crippen LogP) is 3.26. The van der Waals surface area contributed by atoms with Crippen LogP contribution in [0, 0.1) is 13.8 Å². The Hall–Kier alpha value is -2.12. The van der Waals surface area contributed by atoms with Gasteiger partial charge >= 0.3 is 0 Å². The van der Waals surface area contributed by atoms with Crippen molar-refractivity contribution in [1.29, 1.82) is 0 Å². The zero-order valence-electron chi connectivity index (χ0n) is 15.0.